The van der Waals surface area contributed by atoms with Gasteiger partial charge in [-0.05, 0) is 19.9 Å². The minimum absolute atomic E-state index is 0.0285. The average Bonchev–Trinajstić information content (AvgIpc) is 2.38. The molecule has 7 heteroatoms. The van der Waals surface area contributed by atoms with Crippen LogP contribution >= 0.6 is 11.6 Å². The van der Waals surface area contributed by atoms with Crippen molar-refractivity contribution < 1.29 is 4.92 Å². The van der Waals surface area contributed by atoms with Crippen LogP contribution in [-0.2, 0) is 0 Å². The molecule has 2 rings (SSSR count). The van der Waals surface area contributed by atoms with Crippen molar-refractivity contribution in [3.63, 3.8) is 0 Å². The van der Waals surface area contributed by atoms with Crippen molar-refractivity contribution in [3.8, 4) is 0 Å². The summed E-state index contributed by atoms with van der Waals surface area (Å²) >= 11 is 5.76. The molecular formula is C11H15ClN4O2. The molecule has 1 aliphatic heterocycles. The Balaban J connectivity index is 2.29. The second-order valence-corrected chi connectivity index (χ2v) is 4.76. The minimum atomic E-state index is -0.433. The van der Waals surface area contributed by atoms with Gasteiger partial charge in [-0.2, -0.15) is 0 Å². The first-order valence-corrected chi connectivity index (χ1v) is 6.21. The van der Waals surface area contributed by atoms with E-state index in [0.717, 1.165) is 25.9 Å². The van der Waals surface area contributed by atoms with Crippen LogP contribution in [0.2, 0.25) is 5.02 Å². The predicted molar refractivity (Wildman–Crippen MR) is 70.2 cm³/mol. The van der Waals surface area contributed by atoms with Gasteiger partial charge in [0.15, 0.2) is 0 Å². The summed E-state index contributed by atoms with van der Waals surface area (Å²) < 4.78 is 0. The van der Waals surface area contributed by atoms with Gasteiger partial charge in [-0.1, -0.05) is 11.6 Å². The van der Waals surface area contributed by atoms with Crippen molar-refractivity contribution in [1.82, 2.24) is 10.3 Å². The average molecular weight is 271 g/mol. The van der Waals surface area contributed by atoms with E-state index in [0.29, 0.717) is 11.9 Å². The highest BCUT2D eigenvalue weighted by atomic mass is 35.5. The van der Waals surface area contributed by atoms with E-state index in [9.17, 15) is 10.1 Å². The zero-order valence-electron chi connectivity index (χ0n) is 10.1. The summed E-state index contributed by atoms with van der Waals surface area (Å²) in [5.41, 5.74) is -0.0285. The fourth-order valence-corrected chi connectivity index (χ4v) is 2.36. The number of nitrogens with one attached hydrogen (secondary N) is 1. The van der Waals surface area contributed by atoms with Crippen LogP contribution in [0, 0.1) is 10.1 Å². The molecule has 1 aliphatic rings. The number of hydrogen-bond donors (Lipinski definition) is 1. The van der Waals surface area contributed by atoms with Gasteiger partial charge in [0, 0.05) is 31.4 Å². The number of pyridine rings is 1. The molecule has 1 aromatic heterocycles. The SMILES string of the molecule is CNC1CCCN(c2ncc(Cl)cc2[N+](=O)[O-])C1. The molecule has 1 unspecified atom stereocenters. The number of piperidine rings is 1. The lowest BCUT2D eigenvalue weighted by molar-refractivity contribution is -0.384. The van der Waals surface area contributed by atoms with Crippen LogP contribution < -0.4 is 10.2 Å². The molecule has 0 aliphatic carbocycles. The second-order valence-electron chi connectivity index (χ2n) is 4.33. The monoisotopic (exact) mass is 270 g/mol. The smallest absolute Gasteiger partial charge is 0.313 e. The molecule has 2 heterocycles. The van der Waals surface area contributed by atoms with E-state index in [1.54, 1.807) is 0 Å². The number of aromatic nitrogens is 1. The van der Waals surface area contributed by atoms with Gasteiger partial charge in [-0.3, -0.25) is 10.1 Å². The maximum Gasteiger partial charge on any atom is 0.313 e. The summed E-state index contributed by atoms with van der Waals surface area (Å²) in [6, 6.07) is 1.70. The first-order valence-electron chi connectivity index (χ1n) is 5.84. The van der Waals surface area contributed by atoms with Crippen LogP contribution in [0.3, 0.4) is 0 Å². The lowest BCUT2D eigenvalue weighted by Crippen LogP contribution is -2.44. The van der Waals surface area contributed by atoms with Crippen LogP contribution in [0.5, 0.6) is 0 Å². The van der Waals surface area contributed by atoms with E-state index in [1.165, 1.54) is 12.3 Å². The quantitative estimate of drug-likeness (QED) is 0.670. The molecule has 98 valence electrons. The molecule has 1 saturated heterocycles. The molecular weight excluding hydrogens is 256 g/mol. The van der Waals surface area contributed by atoms with Crippen molar-refractivity contribution in [2.75, 3.05) is 25.0 Å². The maximum absolute atomic E-state index is 11.0. The molecule has 0 aromatic carbocycles. The largest absolute Gasteiger partial charge is 0.349 e. The first kappa shape index (κ1) is 13.0. The molecule has 0 amide bonds. The Labute approximate surface area is 110 Å². The van der Waals surface area contributed by atoms with Crippen molar-refractivity contribution in [2.45, 2.75) is 18.9 Å². The number of halogens is 1. The standard InChI is InChI=1S/C11H15ClN4O2/c1-13-9-3-2-4-15(7-9)11-10(16(17)18)5-8(12)6-14-11/h5-6,9,13H,2-4,7H2,1H3. The lowest BCUT2D eigenvalue weighted by Gasteiger charge is -2.32. The summed E-state index contributed by atoms with van der Waals surface area (Å²) in [5.74, 6) is 0.407. The molecule has 1 aromatic rings. The Bertz CT molecular complexity index is 455. The molecule has 6 nitrogen and oxygen atoms in total. The first-order chi connectivity index (χ1) is 8.61. The third-order valence-corrected chi connectivity index (χ3v) is 3.35. The van der Waals surface area contributed by atoms with E-state index >= 15 is 0 Å². The molecule has 1 fully saturated rings. The summed E-state index contributed by atoms with van der Waals surface area (Å²) in [5, 5.41) is 14.5. The van der Waals surface area contributed by atoms with Crippen molar-refractivity contribution in [3.05, 3.63) is 27.4 Å². The van der Waals surface area contributed by atoms with Gasteiger partial charge in [0.1, 0.15) is 0 Å². The summed E-state index contributed by atoms with van der Waals surface area (Å²) in [4.78, 5) is 16.7. The van der Waals surface area contributed by atoms with Crippen LogP contribution in [-0.4, -0.2) is 36.1 Å². The highest BCUT2D eigenvalue weighted by Gasteiger charge is 2.26. The normalized spacial score (nSPS) is 19.9. The Hall–Kier alpha value is -1.40. The van der Waals surface area contributed by atoms with Gasteiger partial charge >= 0.3 is 5.69 Å². The number of hydrogen-bond acceptors (Lipinski definition) is 5. The van der Waals surface area contributed by atoms with Crippen LogP contribution in [0.25, 0.3) is 0 Å². The zero-order chi connectivity index (χ0) is 13.1. The third-order valence-electron chi connectivity index (χ3n) is 3.14. The number of nitrogens with zero attached hydrogens (tertiary/aromatic N) is 3. The molecule has 0 bridgehead atoms. The summed E-state index contributed by atoms with van der Waals surface area (Å²) in [6.45, 7) is 1.51. The summed E-state index contributed by atoms with van der Waals surface area (Å²) in [6.07, 6.45) is 3.52. The van der Waals surface area contributed by atoms with E-state index in [2.05, 4.69) is 10.3 Å². The van der Waals surface area contributed by atoms with Crippen molar-refractivity contribution in [1.29, 1.82) is 0 Å². The third kappa shape index (κ3) is 2.70. The Morgan fingerprint density at radius 3 is 3.11 bits per heavy atom. The van der Waals surface area contributed by atoms with Crippen molar-refractivity contribution in [2.24, 2.45) is 0 Å². The fourth-order valence-electron chi connectivity index (χ4n) is 2.20. The minimum Gasteiger partial charge on any atom is -0.349 e. The van der Waals surface area contributed by atoms with Gasteiger partial charge in [-0.15, -0.1) is 0 Å². The molecule has 0 spiro atoms. The zero-order valence-corrected chi connectivity index (χ0v) is 10.9. The maximum atomic E-state index is 11.0. The van der Waals surface area contributed by atoms with E-state index < -0.39 is 4.92 Å². The lowest BCUT2D eigenvalue weighted by atomic mass is 10.1. The Kier molecular flexibility index (Phi) is 3.98. The second kappa shape index (κ2) is 5.49. The molecule has 1 atom stereocenters. The van der Waals surface area contributed by atoms with Crippen LogP contribution in [0.1, 0.15) is 12.8 Å². The van der Waals surface area contributed by atoms with Gasteiger partial charge in [0.25, 0.3) is 0 Å². The number of nitro groups is 1. The van der Waals surface area contributed by atoms with E-state index in [-0.39, 0.29) is 10.7 Å². The summed E-state index contributed by atoms with van der Waals surface area (Å²) in [7, 11) is 1.90. The molecule has 0 saturated carbocycles. The van der Waals surface area contributed by atoms with E-state index in [4.69, 9.17) is 11.6 Å². The van der Waals surface area contributed by atoms with E-state index in [1.807, 2.05) is 11.9 Å². The van der Waals surface area contributed by atoms with Gasteiger partial charge < -0.3 is 10.2 Å². The fraction of sp³-hybridized carbons (Fsp3) is 0.545. The Morgan fingerprint density at radius 1 is 1.67 bits per heavy atom. The Morgan fingerprint density at radius 2 is 2.44 bits per heavy atom. The molecule has 1 N–H and O–H groups in total. The van der Waals surface area contributed by atoms with Gasteiger partial charge in [0.2, 0.25) is 5.82 Å². The van der Waals surface area contributed by atoms with Crippen LogP contribution in [0.15, 0.2) is 12.3 Å². The number of anilines is 1. The molecule has 18 heavy (non-hydrogen) atoms. The number of rotatable bonds is 3. The molecule has 0 radical (unpaired) electrons. The highest BCUT2D eigenvalue weighted by Crippen LogP contribution is 2.30. The topological polar surface area (TPSA) is 71.3 Å². The van der Waals surface area contributed by atoms with Gasteiger partial charge in [0.05, 0.1) is 9.95 Å². The highest BCUT2D eigenvalue weighted by molar-refractivity contribution is 6.30. The number of likely N-dealkylation sites (N-methyl/N-ethyl adjacent to an activating group) is 1. The van der Waals surface area contributed by atoms with Crippen LogP contribution in [0.4, 0.5) is 11.5 Å². The predicted octanol–water partition coefficient (Wildman–Crippen LogP) is 1.83. The van der Waals surface area contributed by atoms with Gasteiger partial charge in [-0.25, -0.2) is 4.98 Å². The van der Waals surface area contributed by atoms with Crippen molar-refractivity contribution >= 4 is 23.1 Å².